The summed E-state index contributed by atoms with van der Waals surface area (Å²) in [7, 11) is 0. The van der Waals surface area contributed by atoms with Crippen LogP contribution in [0.5, 0.6) is 0 Å². The standard InChI is InChI=1S/C20H25F3N4/c1-14-6-4-10-24-18(14)12-26-16-8-2-3-9-17(16)27-13-19-15(20(21,22)23)7-5-11-25-19/h4-7,10-11,16-17,26-27H,2-3,8-9,12-13H2,1H3/t16-,17-/m0/s1. The van der Waals surface area contributed by atoms with Crippen molar-refractivity contribution in [2.45, 2.75) is 64.0 Å². The van der Waals surface area contributed by atoms with Gasteiger partial charge in [-0.05, 0) is 43.5 Å². The first kappa shape index (κ1) is 19.8. The van der Waals surface area contributed by atoms with Crippen molar-refractivity contribution in [1.29, 1.82) is 0 Å². The number of aromatic nitrogens is 2. The summed E-state index contributed by atoms with van der Waals surface area (Å²) >= 11 is 0. The average molecular weight is 378 g/mol. The molecule has 0 unspecified atom stereocenters. The number of pyridine rings is 2. The van der Waals surface area contributed by atoms with Gasteiger partial charge in [0.25, 0.3) is 0 Å². The fourth-order valence-electron chi connectivity index (χ4n) is 3.62. The van der Waals surface area contributed by atoms with E-state index in [0.717, 1.165) is 43.0 Å². The third-order valence-corrected chi connectivity index (χ3v) is 5.14. The monoisotopic (exact) mass is 378 g/mol. The maximum Gasteiger partial charge on any atom is 0.418 e. The van der Waals surface area contributed by atoms with Crippen molar-refractivity contribution in [2.24, 2.45) is 0 Å². The summed E-state index contributed by atoms with van der Waals surface area (Å²) in [6.07, 6.45) is 2.94. The van der Waals surface area contributed by atoms with Gasteiger partial charge in [-0.2, -0.15) is 13.2 Å². The lowest BCUT2D eigenvalue weighted by Crippen LogP contribution is -2.49. The molecule has 27 heavy (non-hydrogen) atoms. The number of nitrogens with one attached hydrogen (secondary N) is 2. The molecule has 0 bridgehead atoms. The highest BCUT2D eigenvalue weighted by Gasteiger charge is 2.34. The quantitative estimate of drug-likeness (QED) is 0.798. The lowest BCUT2D eigenvalue weighted by molar-refractivity contribution is -0.138. The summed E-state index contributed by atoms with van der Waals surface area (Å²) in [6, 6.07) is 6.68. The van der Waals surface area contributed by atoms with Crippen molar-refractivity contribution >= 4 is 0 Å². The Morgan fingerprint density at radius 3 is 2.07 bits per heavy atom. The zero-order valence-electron chi connectivity index (χ0n) is 15.4. The highest BCUT2D eigenvalue weighted by molar-refractivity contribution is 5.23. The van der Waals surface area contributed by atoms with E-state index >= 15 is 0 Å². The Hall–Kier alpha value is -1.99. The highest BCUT2D eigenvalue weighted by Crippen LogP contribution is 2.31. The summed E-state index contributed by atoms with van der Waals surface area (Å²) in [4.78, 5) is 8.35. The summed E-state index contributed by atoms with van der Waals surface area (Å²) in [6.45, 7) is 2.80. The Morgan fingerprint density at radius 1 is 0.926 bits per heavy atom. The molecular weight excluding hydrogens is 353 g/mol. The summed E-state index contributed by atoms with van der Waals surface area (Å²) < 4.78 is 39.4. The number of aryl methyl sites for hydroxylation is 1. The second kappa shape index (κ2) is 8.80. The van der Waals surface area contributed by atoms with Gasteiger partial charge in [-0.3, -0.25) is 9.97 Å². The van der Waals surface area contributed by atoms with Crippen LogP contribution in [0.1, 0.15) is 48.2 Å². The van der Waals surface area contributed by atoms with E-state index in [1.165, 1.54) is 12.3 Å². The largest absolute Gasteiger partial charge is 0.418 e. The SMILES string of the molecule is Cc1cccnc1CN[C@H]1CCCC[C@@H]1NCc1ncccc1C(F)(F)F. The Kier molecular flexibility index (Phi) is 6.44. The smallest absolute Gasteiger partial charge is 0.307 e. The van der Waals surface area contributed by atoms with Gasteiger partial charge in [-0.1, -0.05) is 18.9 Å². The van der Waals surface area contributed by atoms with Gasteiger partial charge in [0, 0.05) is 37.6 Å². The van der Waals surface area contributed by atoms with Crippen LogP contribution in [0.2, 0.25) is 0 Å². The van der Waals surface area contributed by atoms with Crippen LogP contribution in [0.3, 0.4) is 0 Å². The van der Waals surface area contributed by atoms with Gasteiger partial charge in [0.1, 0.15) is 0 Å². The molecule has 2 aromatic heterocycles. The first-order valence-electron chi connectivity index (χ1n) is 9.33. The van der Waals surface area contributed by atoms with E-state index < -0.39 is 11.7 Å². The second-order valence-electron chi connectivity index (χ2n) is 7.02. The van der Waals surface area contributed by atoms with E-state index in [2.05, 4.69) is 20.6 Å². The highest BCUT2D eigenvalue weighted by atomic mass is 19.4. The first-order valence-corrected chi connectivity index (χ1v) is 9.33. The van der Waals surface area contributed by atoms with E-state index in [-0.39, 0.29) is 24.3 Å². The Morgan fingerprint density at radius 2 is 1.48 bits per heavy atom. The predicted molar refractivity (Wildman–Crippen MR) is 97.9 cm³/mol. The Balaban J connectivity index is 1.62. The number of alkyl halides is 3. The van der Waals surface area contributed by atoms with Crippen LogP contribution in [0, 0.1) is 6.92 Å². The normalized spacial score (nSPS) is 20.6. The molecule has 2 atom stereocenters. The molecule has 146 valence electrons. The van der Waals surface area contributed by atoms with Gasteiger partial charge in [0.05, 0.1) is 17.0 Å². The molecular formula is C20H25F3N4. The van der Waals surface area contributed by atoms with Gasteiger partial charge in [-0.15, -0.1) is 0 Å². The molecule has 3 rings (SSSR count). The molecule has 2 N–H and O–H groups in total. The lowest BCUT2D eigenvalue weighted by atomic mass is 9.90. The molecule has 0 aromatic carbocycles. The Bertz CT molecular complexity index is 748. The molecule has 0 amide bonds. The zero-order valence-corrected chi connectivity index (χ0v) is 15.4. The zero-order chi connectivity index (χ0) is 19.3. The molecule has 0 saturated heterocycles. The fourth-order valence-corrected chi connectivity index (χ4v) is 3.62. The van der Waals surface area contributed by atoms with E-state index in [0.29, 0.717) is 6.54 Å². The minimum absolute atomic E-state index is 0.0508. The predicted octanol–water partition coefficient (Wildman–Crippen LogP) is 3.99. The molecule has 4 nitrogen and oxygen atoms in total. The molecule has 7 heteroatoms. The van der Waals surface area contributed by atoms with Crippen LogP contribution in [0.25, 0.3) is 0 Å². The second-order valence-corrected chi connectivity index (χ2v) is 7.02. The number of hydrogen-bond donors (Lipinski definition) is 2. The van der Waals surface area contributed by atoms with Gasteiger partial charge >= 0.3 is 6.18 Å². The molecule has 2 heterocycles. The number of halogens is 3. The lowest BCUT2D eigenvalue weighted by Gasteiger charge is -2.33. The Labute approximate surface area is 157 Å². The molecule has 1 aliphatic rings. The summed E-state index contributed by atoms with van der Waals surface area (Å²) in [5.74, 6) is 0. The van der Waals surface area contributed by atoms with Crippen LogP contribution in [-0.2, 0) is 19.3 Å². The van der Waals surface area contributed by atoms with Crippen molar-refractivity contribution < 1.29 is 13.2 Å². The number of nitrogens with zero attached hydrogens (tertiary/aromatic N) is 2. The number of rotatable bonds is 6. The van der Waals surface area contributed by atoms with Crippen molar-refractivity contribution in [3.8, 4) is 0 Å². The van der Waals surface area contributed by atoms with Gasteiger partial charge in [-0.25, -0.2) is 0 Å². The molecule has 0 aliphatic heterocycles. The van der Waals surface area contributed by atoms with Crippen molar-refractivity contribution in [2.75, 3.05) is 0 Å². The average Bonchev–Trinajstić information content (AvgIpc) is 2.66. The van der Waals surface area contributed by atoms with Crippen LogP contribution in [-0.4, -0.2) is 22.1 Å². The van der Waals surface area contributed by atoms with E-state index in [9.17, 15) is 13.2 Å². The molecule has 1 aliphatic carbocycles. The topological polar surface area (TPSA) is 49.8 Å². The van der Waals surface area contributed by atoms with Crippen LogP contribution in [0.15, 0.2) is 36.7 Å². The third kappa shape index (κ3) is 5.26. The van der Waals surface area contributed by atoms with E-state index in [1.54, 1.807) is 6.20 Å². The molecule has 1 saturated carbocycles. The third-order valence-electron chi connectivity index (χ3n) is 5.14. The van der Waals surface area contributed by atoms with Crippen LogP contribution < -0.4 is 10.6 Å². The van der Waals surface area contributed by atoms with Gasteiger partial charge < -0.3 is 10.6 Å². The van der Waals surface area contributed by atoms with Crippen LogP contribution in [0.4, 0.5) is 13.2 Å². The van der Waals surface area contributed by atoms with Crippen molar-refractivity contribution in [1.82, 2.24) is 20.6 Å². The van der Waals surface area contributed by atoms with Gasteiger partial charge in [0.2, 0.25) is 0 Å². The van der Waals surface area contributed by atoms with Gasteiger partial charge in [0.15, 0.2) is 0 Å². The van der Waals surface area contributed by atoms with Crippen molar-refractivity contribution in [3.05, 3.63) is 59.2 Å². The number of hydrogen-bond acceptors (Lipinski definition) is 4. The maximum atomic E-state index is 13.1. The first-order chi connectivity index (χ1) is 12.9. The van der Waals surface area contributed by atoms with Crippen molar-refractivity contribution in [3.63, 3.8) is 0 Å². The maximum absolute atomic E-state index is 13.1. The molecule has 0 radical (unpaired) electrons. The molecule has 0 spiro atoms. The molecule has 1 fully saturated rings. The fraction of sp³-hybridized carbons (Fsp3) is 0.500. The van der Waals surface area contributed by atoms with Crippen LogP contribution >= 0.6 is 0 Å². The molecule has 2 aromatic rings. The minimum Gasteiger partial charge on any atom is -0.307 e. The van der Waals surface area contributed by atoms with E-state index in [4.69, 9.17) is 0 Å². The minimum atomic E-state index is -4.38. The summed E-state index contributed by atoms with van der Waals surface area (Å²) in [5, 5.41) is 6.85. The van der Waals surface area contributed by atoms with E-state index in [1.807, 2.05) is 19.1 Å². The summed E-state index contributed by atoms with van der Waals surface area (Å²) in [5.41, 5.74) is 1.52.